The van der Waals surface area contributed by atoms with Gasteiger partial charge in [0.1, 0.15) is 6.54 Å². The highest BCUT2D eigenvalue weighted by Gasteiger charge is 2.25. The quantitative estimate of drug-likeness (QED) is 0.648. The molecule has 4 heteroatoms. The van der Waals surface area contributed by atoms with Gasteiger partial charge in [0.15, 0.2) is 0 Å². The molecule has 0 aromatic rings. The van der Waals surface area contributed by atoms with Crippen LogP contribution in [0.2, 0.25) is 0 Å². The standard InChI is InChI=1S/C9H15N3O/c1-11-9(13)12(7-6-10)8-4-2-3-5-8/h8H,2-5,7H2,1H3,(H,11,13). The second kappa shape index (κ2) is 4.70. The minimum Gasteiger partial charge on any atom is -0.341 e. The van der Waals surface area contributed by atoms with Gasteiger partial charge >= 0.3 is 6.03 Å². The summed E-state index contributed by atoms with van der Waals surface area (Å²) in [4.78, 5) is 13.0. The van der Waals surface area contributed by atoms with Gasteiger partial charge in [-0.1, -0.05) is 12.8 Å². The summed E-state index contributed by atoms with van der Waals surface area (Å²) in [5.74, 6) is 0. The molecule has 0 aromatic carbocycles. The van der Waals surface area contributed by atoms with Gasteiger partial charge in [-0.3, -0.25) is 0 Å². The van der Waals surface area contributed by atoms with Crippen molar-refractivity contribution in [3.63, 3.8) is 0 Å². The highest BCUT2D eigenvalue weighted by atomic mass is 16.2. The van der Waals surface area contributed by atoms with Gasteiger partial charge in [0, 0.05) is 13.1 Å². The van der Waals surface area contributed by atoms with Gasteiger partial charge in [0.2, 0.25) is 0 Å². The minimum atomic E-state index is -0.131. The van der Waals surface area contributed by atoms with Crippen molar-refractivity contribution in [1.82, 2.24) is 10.2 Å². The molecule has 1 rings (SSSR count). The fraction of sp³-hybridized carbons (Fsp3) is 0.778. The van der Waals surface area contributed by atoms with Crippen LogP contribution < -0.4 is 5.32 Å². The van der Waals surface area contributed by atoms with Crippen molar-refractivity contribution in [3.8, 4) is 6.07 Å². The number of nitriles is 1. The van der Waals surface area contributed by atoms with E-state index in [1.54, 1.807) is 11.9 Å². The summed E-state index contributed by atoms with van der Waals surface area (Å²) in [5, 5.41) is 11.1. The van der Waals surface area contributed by atoms with Crippen molar-refractivity contribution in [3.05, 3.63) is 0 Å². The molecule has 72 valence electrons. The molecule has 0 heterocycles. The number of amides is 2. The van der Waals surface area contributed by atoms with Gasteiger partial charge in [-0.05, 0) is 12.8 Å². The van der Waals surface area contributed by atoms with Crippen molar-refractivity contribution >= 4 is 6.03 Å². The van der Waals surface area contributed by atoms with Crippen LogP contribution in [0, 0.1) is 11.3 Å². The number of carbonyl (C=O) groups excluding carboxylic acids is 1. The zero-order valence-corrected chi connectivity index (χ0v) is 7.92. The van der Waals surface area contributed by atoms with E-state index in [-0.39, 0.29) is 18.6 Å². The zero-order chi connectivity index (χ0) is 9.68. The number of carbonyl (C=O) groups is 1. The molecule has 2 amide bonds. The first-order valence-corrected chi connectivity index (χ1v) is 4.65. The third kappa shape index (κ3) is 2.35. The van der Waals surface area contributed by atoms with Crippen LogP contribution in [0.1, 0.15) is 25.7 Å². The van der Waals surface area contributed by atoms with Crippen molar-refractivity contribution < 1.29 is 4.79 Å². The molecule has 1 saturated carbocycles. The van der Waals surface area contributed by atoms with E-state index in [2.05, 4.69) is 5.32 Å². The molecule has 1 aliphatic carbocycles. The summed E-state index contributed by atoms with van der Waals surface area (Å²) in [5.41, 5.74) is 0. The first-order chi connectivity index (χ1) is 6.29. The van der Waals surface area contributed by atoms with E-state index >= 15 is 0 Å². The van der Waals surface area contributed by atoms with Crippen LogP contribution in [-0.4, -0.2) is 30.6 Å². The highest BCUT2D eigenvalue weighted by Crippen LogP contribution is 2.23. The SMILES string of the molecule is CNC(=O)N(CC#N)C1CCCC1. The van der Waals surface area contributed by atoms with Crippen LogP contribution in [0.4, 0.5) is 4.79 Å². The van der Waals surface area contributed by atoms with Crippen LogP contribution in [0.25, 0.3) is 0 Å². The van der Waals surface area contributed by atoms with Gasteiger partial charge in [0.05, 0.1) is 6.07 Å². The molecule has 0 unspecified atom stereocenters. The van der Waals surface area contributed by atoms with Crippen LogP contribution in [0.3, 0.4) is 0 Å². The van der Waals surface area contributed by atoms with Gasteiger partial charge < -0.3 is 10.2 Å². The van der Waals surface area contributed by atoms with E-state index < -0.39 is 0 Å². The molecule has 4 nitrogen and oxygen atoms in total. The summed E-state index contributed by atoms with van der Waals surface area (Å²) < 4.78 is 0. The average Bonchev–Trinajstić information content (AvgIpc) is 2.65. The number of hydrogen-bond acceptors (Lipinski definition) is 2. The van der Waals surface area contributed by atoms with Crippen molar-refractivity contribution in [2.24, 2.45) is 0 Å². The Morgan fingerprint density at radius 1 is 1.62 bits per heavy atom. The molecule has 0 radical (unpaired) electrons. The molecule has 1 N–H and O–H groups in total. The third-order valence-corrected chi connectivity index (χ3v) is 2.48. The van der Waals surface area contributed by atoms with E-state index in [4.69, 9.17) is 5.26 Å². The van der Waals surface area contributed by atoms with Crippen LogP contribution in [-0.2, 0) is 0 Å². The number of rotatable bonds is 2. The number of urea groups is 1. The number of hydrogen-bond donors (Lipinski definition) is 1. The van der Waals surface area contributed by atoms with Crippen LogP contribution in [0.15, 0.2) is 0 Å². The lowest BCUT2D eigenvalue weighted by atomic mass is 10.2. The summed E-state index contributed by atoms with van der Waals surface area (Å²) in [6.45, 7) is 0.199. The Hall–Kier alpha value is -1.24. The molecule has 0 saturated heterocycles. The lowest BCUT2D eigenvalue weighted by Gasteiger charge is -2.25. The molecule has 13 heavy (non-hydrogen) atoms. The summed E-state index contributed by atoms with van der Waals surface area (Å²) in [7, 11) is 1.60. The predicted molar refractivity (Wildman–Crippen MR) is 49.0 cm³/mol. The molecular formula is C9H15N3O. The highest BCUT2D eigenvalue weighted by molar-refractivity contribution is 5.74. The smallest absolute Gasteiger partial charge is 0.318 e. The van der Waals surface area contributed by atoms with E-state index in [1.165, 1.54) is 12.8 Å². The summed E-state index contributed by atoms with van der Waals surface area (Å²) in [6, 6.07) is 2.17. The Bertz CT molecular complexity index is 215. The maximum Gasteiger partial charge on any atom is 0.318 e. The van der Waals surface area contributed by atoms with Gasteiger partial charge in [0.25, 0.3) is 0 Å². The molecule has 0 spiro atoms. The molecule has 0 aromatic heterocycles. The topological polar surface area (TPSA) is 56.1 Å². The molecule has 0 atom stereocenters. The van der Waals surface area contributed by atoms with Crippen LogP contribution >= 0.6 is 0 Å². The number of nitrogens with zero attached hydrogens (tertiary/aromatic N) is 2. The predicted octanol–water partition coefficient (Wildman–Crippen LogP) is 1.09. The van der Waals surface area contributed by atoms with Gasteiger partial charge in [-0.25, -0.2) is 4.79 Å². The zero-order valence-electron chi connectivity index (χ0n) is 7.92. The Labute approximate surface area is 78.5 Å². The molecule has 1 fully saturated rings. The molecule has 0 aliphatic heterocycles. The largest absolute Gasteiger partial charge is 0.341 e. The second-order valence-corrected chi connectivity index (χ2v) is 3.28. The third-order valence-electron chi connectivity index (χ3n) is 2.48. The van der Waals surface area contributed by atoms with Gasteiger partial charge in [-0.2, -0.15) is 5.26 Å². The van der Waals surface area contributed by atoms with Crippen molar-refractivity contribution in [2.45, 2.75) is 31.7 Å². The Balaban J connectivity index is 2.55. The monoisotopic (exact) mass is 181 g/mol. The van der Waals surface area contributed by atoms with Crippen LogP contribution in [0.5, 0.6) is 0 Å². The molecule has 0 bridgehead atoms. The minimum absolute atomic E-state index is 0.131. The second-order valence-electron chi connectivity index (χ2n) is 3.28. The van der Waals surface area contributed by atoms with E-state index in [1.807, 2.05) is 6.07 Å². The molecular weight excluding hydrogens is 166 g/mol. The summed E-state index contributed by atoms with van der Waals surface area (Å²) in [6.07, 6.45) is 4.41. The maximum atomic E-state index is 11.4. The first-order valence-electron chi connectivity index (χ1n) is 4.65. The molecule has 1 aliphatic rings. The summed E-state index contributed by atoms with van der Waals surface area (Å²) >= 11 is 0. The normalized spacial score (nSPS) is 16.6. The van der Waals surface area contributed by atoms with E-state index in [9.17, 15) is 4.79 Å². The maximum absolute atomic E-state index is 11.4. The Morgan fingerprint density at radius 2 is 2.23 bits per heavy atom. The van der Waals surface area contributed by atoms with Crippen molar-refractivity contribution in [1.29, 1.82) is 5.26 Å². The van der Waals surface area contributed by atoms with Gasteiger partial charge in [-0.15, -0.1) is 0 Å². The fourth-order valence-electron chi connectivity index (χ4n) is 1.80. The first kappa shape index (κ1) is 9.85. The lowest BCUT2D eigenvalue weighted by molar-refractivity contribution is 0.186. The number of nitrogens with one attached hydrogen (secondary N) is 1. The van der Waals surface area contributed by atoms with E-state index in [0.29, 0.717) is 0 Å². The van der Waals surface area contributed by atoms with Crippen molar-refractivity contribution in [2.75, 3.05) is 13.6 Å². The van der Waals surface area contributed by atoms with E-state index in [0.717, 1.165) is 12.8 Å². The Kier molecular flexibility index (Phi) is 3.56. The lowest BCUT2D eigenvalue weighted by Crippen LogP contribution is -2.44. The fourth-order valence-corrected chi connectivity index (χ4v) is 1.80. The Morgan fingerprint density at radius 3 is 2.69 bits per heavy atom. The average molecular weight is 181 g/mol.